The van der Waals surface area contributed by atoms with Gasteiger partial charge in [-0.2, -0.15) is 5.26 Å². The molecule has 0 radical (unpaired) electrons. The number of nitriles is 1. The molecule has 1 unspecified atom stereocenters. The van der Waals surface area contributed by atoms with E-state index in [1.54, 1.807) is 31.2 Å². The molecule has 108 valence electrons. The fourth-order valence-corrected chi connectivity index (χ4v) is 1.85. The van der Waals surface area contributed by atoms with E-state index < -0.39 is 6.10 Å². The van der Waals surface area contributed by atoms with Crippen molar-refractivity contribution >= 4 is 11.6 Å². The number of aliphatic hydroxyl groups excluding tert-OH is 1. The third kappa shape index (κ3) is 5.39. The number of nitrogens with one attached hydrogen (secondary N) is 1. The van der Waals surface area contributed by atoms with E-state index in [-0.39, 0.29) is 18.5 Å². The zero-order chi connectivity index (χ0) is 15.1. The summed E-state index contributed by atoms with van der Waals surface area (Å²) < 4.78 is 0. The van der Waals surface area contributed by atoms with E-state index >= 15 is 0 Å². The Morgan fingerprint density at radius 3 is 2.70 bits per heavy atom. The summed E-state index contributed by atoms with van der Waals surface area (Å²) in [5.74, 6) is -0.158. The number of hydrogen-bond acceptors (Lipinski definition) is 4. The summed E-state index contributed by atoms with van der Waals surface area (Å²) in [5.41, 5.74) is 1.11. The van der Waals surface area contributed by atoms with Crippen molar-refractivity contribution in [1.82, 2.24) is 4.90 Å². The Bertz CT molecular complexity index is 492. The van der Waals surface area contributed by atoms with Crippen molar-refractivity contribution in [2.45, 2.75) is 32.9 Å². The minimum atomic E-state index is -0.480. The molecular formula is C15H21N3O2. The molecule has 1 aromatic carbocycles. The molecule has 20 heavy (non-hydrogen) atoms. The maximum atomic E-state index is 12.0. The predicted octanol–water partition coefficient (Wildman–Crippen LogP) is 1.59. The highest BCUT2D eigenvalue weighted by Crippen LogP contribution is 2.10. The second-order valence-electron chi connectivity index (χ2n) is 5.11. The maximum absolute atomic E-state index is 12.0. The molecule has 1 amide bonds. The van der Waals surface area contributed by atoms with Crippen LogP contribution in [0.15, 0.2) is 24.3 Å². The first-order chi connectivity index (χ1) is 9.42. The van der Waals surface area contributed by atoms with Gasteiger partial charge in [-0.25, -0.2) is 0 Å². The highest BCUT2D eigenvalue weighted by molar-refractivity contribution is 5.92. The number of rotatable bonds is 6. The number of carbonyl (C=O) groups is 1. The van der Waals surface area contributed by atoms with Crippen molar-refractivity contribution in [3.63, 3.8) is 0 Å². The molecule has 0 spiro atoms. The van der Waals surface area contributed by atoms with Crippen molar-refractivity contribution in [2.24, 2.45) is 0 Å². The SMILES string of the molecule is CC(O)CN(CC(=O)Nc1cccc(C#N)c1)C(C)C. The molecule has 1 rings (SSSR count). The molecule has 0 aromatic heterocycles. The van der Waals surface area contributed by atoms with Gasteiger partial charge >= 0.3 is 0 Å². The minimum Gasteiger partial charge on any atom is -0.392 e. The molecular weight excluding hydrogens is 254 g/mol. The van der Waals surface area contributed by atoms with Crippen LogP contribution in [0.3, 0.4) is 0 Å². The average molecular weight is 275 g/mol. The van der Waals surface area contributed by atoms with Crippen LogP contribution in [0.2, 0.25) is 0 Å². The van der Waals surface area contributed by atoms with Gasteiger partial charge in [0.2, 0.25) is 5.91 Å². The van der Waals surface area contributed by atoms with Gasteiger partial charge < -0.3 is 10.4 Å². The van der Waals surface area contributed by atoms with E-state index in [1.807, 2.05) is 24.8 Å². The minimum absolute atomic E-state index is 0.158. The smallest absolute Gasteiger partial charge is 0.238 e. The van der Waals surface area contributed by atoms with Gasteiger partial charge in [0.1, 0.15) is 0 Å². The summed E-state index contributed by atoms with van der Waals surface area (Å²) in [6, 6.07) is 8.98. The molecule has 0 bridgehead atoms. The molecule has 0 heterocycles. The lowest BCUT2D eigenvalue weighted by Crippen LogP contribution is -2.41. The third-order valence-electron chi connectivity index (χ3n) is 2.85. The number of carbonyl (C=O) groups excluding carboxylic acids is 1. The lowest BCUT2D eigenvalue weighted by Gasteiger charge is -2.26. The maximum Gasteiger partial charge on any atom is 0.238 e. The quantitative estimate of drug-likeness (QED) is 0.826. The van der Waals surface area contributed by atoms with Crippen LogP contribution in [0.25, 0.3) is 0 Å². The Kier molecular flexibility index (Phi) is 6.16. The zero-order valence-electron chi connectivity index (χ0n) is 12.1. The van der Waals surface area contributed by atoms with Gasteiger partial charge in [0, 0.05) is 18.3 Å². The molecule has 0 saturated carbocycles. The average Bonchev–Trinajstić information content (AvgIpc) is 2.37. The summed E-state index contributed by atoms with van der Waals surface area (Å²) in [7, 11) is 0. The van der Waals surface area contributed by atoms with E-state index in [2.05, 4.69) is 5.32 Å². The normalized spacial score (nSPS) is 12.2. The highest BCUT2D eigenvalue weighted by atomic mass is 16.3. The summed E-state index contributed by atoms with van der Waals surface area (Å²) >= 11 is 0. The van der Waals surface area contributed by atoms with Gasteiger partial charge in [-0.1, -0.05) is 6.07 Å². The van der Waals surface area contributed by atoms with Gasteiger partial charge in [0.25, 0.3) is 0 Å². The fraction of sp³-hybridized carbons (Fsp3) is 0.467. The molecule has 0 aliphatic rings. The highest BCUT2D eigenvalue weighted by Gasteiger charge is 2.16. The number of amides is 1. The lowest BCUT2D eigenvalue weighted by atomic mass is 10.2. The van der Waals surface area contributed by atoms with E-state index in [9.17, 15) is 9.90 Å². The first-order valence-electron chi connectivity index (χ1n) is 6.64. The monoisotopic (exact) mass is 275 g/mol. The second kappa shape index (κ2) is 7.63. The van der Waals surface area contributed by atoms with Gasteiger partial charge in [-0.05, 0) is 39.0 Å². The fourth-order valence-electron chi connectivity index (χ4n) is 1.85. The summed E-state index contributed by atoms with van der Waals surface area (Å²) in [5, 5.41) is 21.0. The van der Waals surface area contributed by atoms with Gasteiger partial charge in [0.05, 0.1) is 24.3 Å². The van der Waals surface area contributed by atoms with Crippen molar-refractivity contribution in [2.75, 3.05) is 18.4 Å². The Hall–Kier alpha value is -1.90. The van der Waals surface area contributed by atoms with Gasteiger partial charge in [-0.3, -0.25) is 9.69 Å². The molecule has 0 saturated heterocycles. The number of aliphatic hydroxyl groups is 1. The number of benzene rings is 1. The molecule has 1 aromatic rings. The Balaban J connectivity index is 2.63. The second-order valence-corrected chi connectivity index (χ2v) is 5.11. The first kappa shape index (κ1) is 16.2. The third-order valence-corrected chi connectivity index (χ3v) is 2.85. The van der Waals surface area contributed by atoms with Crippen LogP contribution in [-0.2, 0) is 4.79 Å². The van der Waals surface area contributed by atoms with Crippen LogP contribution in [-0.4, -0.2) is 41.1 Å². The van der Waals surface area contributed by atoms with Crippen molar-refractivity contribution in [3.05, 3.63) is 29.8 Å². The topological polar surface area (TPSA) is 76.4 Å². The van der Waals surface area contributed by atoms with E-state index in [1.165, 1.54) is 0 Å². The Morgan fingerprint density at radius 1 is 1.45 bits per heavy atom. The van der Waals surface area contributed by atoms with Gasteiger partial charge in [0.15, 0.2) is 0 Å². The van der Waals surface area contributed by atoms with Crippen molar-refractivity contribution in [3.8, 4) is 6.07 Å². The lowest BCUT2D eigenvalue weighted by molar-refractivity contribution is -0.118. The van der Waals surface area contributed by atoms with Crippen LogP contribution < -0.4 is 5.32 Å². The van der Waals surface area contributed by atoms with E-state index in [0.717, 1.165) is 0 Å². The molecule has 2 N–H and O–H groups in total. The molecule has 0 aliphatic carbocycles. The molecule has 1 atom stereocenters. The van der Waals surface area contributed by atoms with Crippen molar-refractivity contribution in [1.29, 1.82) is 5.26 Å². The van der Waals surface area contributed by atoms with E-state index in [4.69, 9.17) is 5.26 Å². The summed E-state index contributed by atoms with van der Waals surface area (Å²) in [4.78, 5) is 13.9. The summed E-state index contributed by atoms with van der Waals surface area (Å²) in [6.07, 6.45) is -0.480. The van der Waals surface area contributed by atoms with Gasteiger partial charge in [-0.15, -0.1) is 0 Å². The van der Waals surface area contributed by atoms with Crippen molar-refractivity contribution < 1.29 is 9.90 Å². The Morgan fingerprint density at radius 2 is 2.15 bits per heavy atom. The Labute approximate surface area is 119 Å². The molecule has 0 aliphatic heterocycles. The van der Waals surface area contributed by atoms with E-state index in [0.29, 0.717) is 17.8 Å². The standard InChI is InChI=1S/C15H21N3O2/c1-11(2)18(9-12(3)19)10-15(20)17-14-6-4-5-13(7-14)8-16/h4-7,11-12,19H,9-10H2,1-3H3,(H,17,20). The van der Waals surface area contributed by atoms with Crippen LogP contribution in [0.5, 0.6) is 0 Å². The first-order valence-corrected chi connectivity index (χ1v) is 6.64. The molecule has 0 fully saturated rings. The zero-order valence-corrected chi connectivity index (χ0v) is 12.1. The number of hydrogen-bond donors (Lipinski definition) is 2. The van der Waals surface area contributed by atoms with Crippen LogP contribution in [0, 0.1) is 11.3 Å². The molecule has 5 nitrogen and oxygen atoms in total. The number of anilines is 1. The number of nitrogens with zero attached hydrogens (tertiary/aromatic N) is 2. The van der Waals surface area contributed by atoms with Crippen LogP contribution >= 0.6 is 0 Å². The van der Waals surface area contributed by atoms with Crippen LogP contribution in [0.1, 0.15) is 26.3 Å². The predicted molar refractivity (Wildman–Crippen MR) is 78.2 cm³/mol. The largest absolute Gasteiger partial charge is 0.392 e. The molecule has 5 heteroatoms. The summed E-state index contributed by atoms with van der Waals surface area (Å²) in [6.45, 7) is 6.31. The van der Waals surface area contributed by atoms with Crippen LogP contribution in [0.4, 0.5) is 5.69 Å².